The Bertz CT molecular complexity index is 429. The molecule has 2 aliphatic heterocycles. The summed E-state index contributed by atoms with van der Waals surface area (Å²) in [6.07, 6.45) is 9.99. The fourth-order valence-corrected chi connectivity index (χ4v) is 4.91. The van der Waals surface area contributed by atoms with Crippen molar-refractivity contribution in [3.63, 3.8) is 0 Å². The van der Waals surface area contributed by atoms with Crippen molar-refractivity contribution in [2.45, 2.75) is 83.4 Å². The van der Waals surface area contributed by atoms with Crippen molar-refractivity contribution in [1.82, 2.24) is 15.1 Å². The molecule has 1 unspecified atom stereocenters. The molecule has 1 saturated carbocycles. The molecule has 0 radical (unpaired) electrons. The Morgan fingerprint density at radius 2 is 1.85 bits per heavy atom. The van der Waals surface area contributed by atoms with Gasteiger partial charge in [-0.05, 0) is 65.0 Å². The zero-order valence-corrected chi connectivity index (χ0v) is 16.9. The van der Waals surface area contributed by atoms with Gasteiger partial charge in [0.1, 0.15) is 0 Å². The fraction of sp³-hybridized carbons (Fsp3) is 0.952. The molecule has 2 heterocycles. The topological polar surface area (TPSA) is 44.8 Å². The minimum absolute atomic E-state index is 0.0563. The molecule has 2 saturated heterocycles. The van der Waals surface area contributed by atoms with E-state index in [0.29, 0.717) is 12.5 Å². The van der Waals surface area contributed by atoms with Gasteiger partial charge in [-0.1, -0.05) is 12.8 Å². The number of rotatable bonds is 7. The molecule has 150 valence electrons. The summed E-state index contributed by atoms with van der Waals surface area (Å²) in [7, 11) is 0. The van der Waals surface area contributed by atoms with Gasteiger partial charge >= 0.3 is 0 Å². The van der Waals surface area contributed by atoms with Crippen LogP contribution in [0.4, 0.5) is 0 Å². The van der Waals surface area contributed by atoms with Crippen molar-refractivity contribution in [3.05, 3.63) is 0 Å². The largest absolute Gasteiger partial charge is 0.375 e. The van der Waals surface area contributed by atoms with Crippen molar-refractivity contribution >= 4 is 5.91 Å². The Labute approximate surface area is 159 Å². The molecule has 5 heteroatoms. The summed E-state index contributed by atoms with van der Waals surface area (Å²) in [5.74, 6) is 0.944. The highest BCUT2D eigenvalue weighted by molar-refractivity contribution is 5.76. The number of carbonyl (C=O) groups is 1. The van der Waals surface area contributed by atoms with Crippen molar-refractivity contribution in [2.24, 2.45) is 5.92 Å². The standard InChI is InChI=1S/C21H39N3O2/c1-17(2)24-13-14-26-20(16-24)15-21(25)22-10-7-18-8-11-23(12-9-18)19-5-3-4-6-19/h17-20H,3-16H2,1-2H3,(H,22,25). The van der Waals surface area contributed by atoms with Gasteiger partial charge in [0, 0.05) is 31.7 Å². The van der Waals surface area contributed by atoms with Crippen molar-refractivity contribution in [1.29, 1.82) is 0 Å². The molecule has 1 N–H and O–H groups in total. The first-order valence-corrected chi connectivity index (χ1v) is 11.0. The zero-order chi connectivity index (χ0) is 18.4. The van der Waals surface area contributed by atoms with Crippen LogP contribution in [0.5, 0.6) is 0 Å². The first-order chi connectivity index (χ1) is 12.6. The smallest absolute Gasteiger partial charge is 0.222 e. The van der Waals surface area contributed by atoms with E-state index in [0.717, 1.165) is 44.6 Å². The lowest BCUT2D eigenvalue weighted by Crippen LogP contribution is -2.47. The van der Waals surface area contributed by atoms with Crippen LogP contribution in [0.2, 0.25) is 0 Å². The lowest BCUT2D eigenvalue weighted by atomic mass is 9.92. The van der Waals surface area contributed by atoms with Crippen LogP contribution >= 0.6 is 0 Å². The Hall–Kier alpha value is -0.650. The zero-order valence-electron chi connectivity index (χ0n) is 16.9. The SMILES string of the molecule is CC(C)N1CCOC(CC(=O)NCCC2CCN(C3CCCC3)CC2)C1. The highest BCUT2D eigenvalue weighted by Crippen LogP contribution is 2.28. The molecule has 3 rings (SSSR count). The second kappa shape index (κ2) is 10.0. The van der Waals surface area contributed by atoms with E-state index < -0.39 is 0 Å². The second-order valence-corrected chi connectivity index (χ2v) is 8.84. The molecular formula is C21H39N3O2. The van der Waals surface area contributed by atoms with Crippen LogP contribution in [0.25, 0.3) is 0 Å². The average Bonchev–Trinajstić information content (AvgIpc) is 3.17. The molecule has 0 aromatic rings. The molecule has 3 fully saturated rings. The summed E-state index contributed by atoms with van der Waals surface area (Å²) in [6.45, 7) is 10.4. The minimum Gasteiger partial charge on any atom is -0.375 e. The predicted octanol–water partition coefficient (Wildman–Crippen LogP) is 2.65. The predicted molar refractivity (Wildman–Crippen MR) is 105 cm³/mol. The number of nitrogens with zero attached hydrogens (tertiary/aromatic N) is 2. The number of carbonyl (C=O) groups excluding carboxylic acids is 1. The van der Waals surface area contributed by atoms with Crippen molar-refractivity contribution in [3.8, 4) is 0 Å². The molecule has 0 aromatic heterocycles. The number of piperidine rings is 1. The lowest BCUT2D eigenvalue weighted by molar-refractivity contribution is -0.126. The van der Waals surface area contributed by atoms with E-state index in [1.807, 2.05) is 0 Å². The number of nitrogens with one attached hydrogen (secondary N) is 1. The molecule has 1 atom stereocenters. The maximum Gasteiger partial charge on any atom is 0.222 e. The molecule has 0 aromatic carbocycles. The summed E-state index contributed by atoms with van der Waals surface area (Å²) in [4.78, 5) is 17.4. The molecule has 0 spiro atoms. The molecule has 1 aliphatic carbocycles. The Kier molecular flexibility index (Phi) is 7.77. The first kappa shape index (κ1) is 20.1. The summed E-state index contributed by atoms with van der Waals surface area (Å²) >= 11 is 0. The third kappa shape index (κ3) is 5.93. The third-order valence-electron chi connectivity index (χ3n) is 6.68. The molecular weight excluding hydrogens is 326 g/mol. The maximum absolute atomic E-state index is 12.2. The number of hydrogen-bond donors (Lipinski definition) is 1. The van der Waals surface area contributed by atoms with Gasteiger partial charge in [0.25, 0.3) is 0 Å². The minimum atomic E-state index is 0.0563. The van der Waals surface area contributed by atoms with Crippen LogP contribution in [-0.4, -0.2) is 73.2 Å². The molecule has 3 aliphatic rings. The van der Waals surface area contributed by atoms with E-state index in [-0.39, 0.29) is 12.0 Å². The van der Waals surface area contributed by atoms with Crippen LogP contribution in [0, 0.1) is 5.92 Å². The van der Waals surface area contributed by atoms with Gasteiger partial charge < -0.3 is 15.0 Å². The van der Waals surface area contributed by atoms with E-state index >= 15 is 0 Å². The van der Waals surface area contributed by atoms with Crippen LogP contribution < -0.4 is 5.32 Å². The number of likely N-dealkylation sites (tertiary alicyclic amines) is 1. The monoisotopic (exact) mass is 365 g/mol. The molecule has 26 heavy (non-hydrogen) atoms. The number of hydrogen-bond acceptors (Lipinski definition) is 4. The van der Waals surface area contributed by atoms with E-state index in [1.54, 1.807) is 0 Å². The highest BCUT2D eigenvalue weighted by Gasteiger charge is 2.27. The Morgan fingerprint density at radius 1 is 1.12 bits per heavy atom. The number of ether oxygens (including phenoxy) is 1. The van der Waals surface area contributed by atoms with Gasteiger partial charge in [-0.3, -0.25) is 9.69 Å². The summed E-state index contributed by atoms with van der Waals surface area (Å²) in [5, 5.41) is 3.14. The normalized spacial score (nSPS) is 27.3. The van der Waals surface area contributed by atoms with Gasteiger partial charge in [-0.25, -0.2) is 0 Å². The van der Waals surface area contributed by atoms with Gasteiger partial charge in [0.05, 0.1) is 19.1 Å². The maximum atomic E-state index is 12.2. The average molecular weight is 366 g/mol. The lowest BCUT2D eigenvalue weighted by Gasteiger charge is -2.36. The van der Waals surface area contributed by atoms with E-state index in [1.165, 1.54) is 51.6 Å². The van der Waals surface area contributed by atoms with Gasteiger partial charge in [0.15, 0.2) is 0 Å². The second-order valence-electron chi connectivity index (χ2n) is 8.84. The van der Waals surface area contributed by atoms with Crippen LogP contribution in [-0.2, 0) is 9.53 Å². The van der Waals surface area contributed by atoms with Crippen molar-refractivity contribution < 1.29 is 9.53 Å². The fourth-order valence-electron chi connectivity index (χ4n) is 4.91. The number of amides is 1. The van der Waals surface area contributed by atoms with Crippen molar-refractivity contribution in [2.75, 3.05) is 39.3 Å². The van der Waals surface area contributed by atoms with Gasteiger partial charge in [-0.15, -0.1) is 0 Å². The number of morpholine rings is 1. The summed E-state index contributed by atoms with van der Waals surface area (Å²) < 4.78 is 5.78. The van der Waals surface area contributed by atoms with E-state index in [4.69, 9.17) is 4.74 Å². The highest BCUT2D eigenvalue weighted by atomic mass is 16.5. The summed E-state index contributed by atoms with van der Waals surface area (Å²) in [6, 6.07) is 1.40. The Balaban J connectivity index is 1.27. The van der Waals surface area contributed by atoms with Gasteiger partial charge in [0.2, 0.25) is 5.91 Å². The molecule has 0 bridgehead atoms. The van der Waals surface area contributed by atoms with Crippen LogP contribution in [0.1, 0.15) is 65.2 Å². The summed E-state index contributed by atoms with van der Waals surface area (Å²) in [5.41, 5.74) is 0. The quantitative estimate of drug-likeness (QED) is 0.753. The molecule has 1 amide bonds. The van der Waals surface area contributed by atoms with E-state index in [2.05, 4.69) is 29.0 Å². The van der Waals surface area contributed by atoms with E-state index in [9.17, 15) is 4.79 Å². The van der Waals surface area contributed by atoms with Gasteiger partial charge in [-0.2, -0.15) is 0 Å². The van der Waals surface area contributed by atoms with Crippen LogP contribution in [0.3, 0.4) is 0 Å². The molecule has 5 nitrogen and oxygen atoms in total. The third-order valence-corrected chi connectivity index (χ3v) is 6.68. The Morgan fingerprint density at radius 3 is 2.54 bits per heavy atom. The first-order valence-electron chi connectivity index (χ1n) is 11.0. The van der Waals surface area contributed by atoms with Crippen LogP contribution in [0.15, 0.2) is 0 Å².